The Hall–Kier alpha value is -2.94. The molecule has 30 heavy (non-hydrogen) atoms. The average Bonchev–Trinajstić information content (AvgIpc) is 2.93. The molecular weight excluding hydrogens is 408 g/mol. The second-order valence-corrected chi connectivity index (χ2v) is 8.94. The second-order valence-electron chi connectivity index (χ2n) is 7.04. The van der Waals surface area contributed by atoms with Crippen molar-refractivity contribution < 1.29 is 27.4 Å². The van der Waals surface area contributed by atoms with Crippen LogP contribution < -0.4 is 23.8 Å². The Balaban J connectivity index is 1.81. The molecule has 0 spiro atoms. The Morgan fingerprint density at radius 1 is 1.20 bits per heavy atom. The number of fused-ring (bicyclic) bond motifs is 1. The van der Waals surface area contributed by atoms with Gasteiger partial charge in [0, 0.05) is 18.5 Å². The summed E-state index contributed by atoms with van der Waals surface area (Å²) in [6.45, 7) is 1.98. The Morgan fingerprint density at radius 2 is 1.93 bits per heavy atom. The average molecular weight is 435 g/mol. The molecule has 2 unspecified atom stereocenters. The van der Waals surface area contributed by atoms with Gasteiger partial charge in [0.15, 0.2) is 6.10 Å². The number of benzene rings is 2. The highest BCUT2D eigenvalue weighted by Crippen LogP contribution is 2.34. The van der Waals surface area contributed by atoms with Gasteiger partial charge in [0.05, 0.1) is 32.2 Å². The zero-order valence-electron chi connectivity index (χ0n) is 17.4. The van der Waals surface area contributed by atoms with Crippen LogP contribution in [0.1, 0.15) is 24.9 Å². The summed E-state index contributed by atoms with van der Waals surface area (Å²) < 4.78 is 42.3. The van der Waals surface area contributed by atoms with E-state index in [-0.39, 0.29) is 24.9 Å². The normalized spacial score (nSPS) is 17.2. The Labute approximate surface area is 176 Å². The Bertz CT molecular complexity index is 1020. The molecule has 2 aromatic rings. The number of anilines is 1. The number of rotatable bonds is 6. The molecule has 1 amide bonds. The van der Waals surface area contributed by atoms with Gasteiger partial charge >= 0.3 is 0 Å². The molecule has 0 saturated heterocycles. The highest BCUT2D eigenvalue weighted by Gasteiger charge is 2.31. The molecule has 0 bridgehead atoms. The standard InChI is InChI=1S/C21H26N2O6S/c1-14(16-13-15(27-2)9-10-18(16)28-3)22-21(24)20-11-12-23(30(4,25)26)17-7-5-6-8-19(17)29-20/h5-10,13-14,20H,11-12H2,1-4H3,(H,22,24). The van der Waals surface area contributed by atoms with Crippen molar-refractivity contribution >= 4 is 21.6 Å². The zero-order chi connectivity index (χ0) is 21.9. The van der Waals surface area contributed by atoms with Crippen LogP contribution in [0, 0.1) is 0 Å². The lowest BCUT2D eigenvalue weighted by molar-refractivity contribution is -0.128. The van der Waals surface area contributed by atoms with Crippen LogP contribution in [0.25, 0.3) is 0 Å². The van der Waals surface area contributed by atoms with E-state index in [1.807, 2.05) is 6.92 Å². The van der Waals surface area contributed by atoms with E-state index in [1.54, 1.807) is 56.7 Å². The molecule has 8 nitrogen and oxygen atoms in total. The van der Waals surface area contributed by atoms with E-state index >= 15 is 0 Å². The van der Waals surface area contributed by atoms with Gasteiger partial charge in [-0.3, -0.25) is 9.10 Å². The number of amides is 1. The molecule has 0 saturated carbocycles. The Kier molecular flexibility index (Phi) is 6.40. The minimum atomic E-state index is -3.50. The predicted octanol–water partition coefficient (Wildman–Crippen LogP) is 2.50. The minimum Gasteiger partial charge on any atom is -0.497 e. The van der Waals surface area contributed by atoms with E-state index in [0.717, 1.165) is 11.8 Å². The van der Waals surface area contributed by atoms with Gasteiger partial charge in [-0.15, -0.1) is 0 Å². The number of carbonyl (C=O) groups is 1. The summed E-state index contributed by atoms with van der Waals surface area (Å²) in [7, 11) is -0.374. The molecule has 1 N–H and O–H groups in total. The van der Waals surface area contributed by atoms with Crippen LogP contribution in [0.5, 0.6) is 17.2 Å². The van der Waals surface area contributed by atoms with Gasteiger partial charge in [-0.05, 0) is 37.3 Å². The largest absolute Gasteiger partial charge is 0.497 e. The molecule has 2 atom stereocenters. The first-order valence-electron chi connectivity index (χ1n) is 9.50. The summed E-state index contributed by atoms with van der Waals surface area (Å²) in [6.07, 6.45) is 0.522. The van der Waals surface area contributed by atoms with Gasteiger partial charge in [0.2, 0.25) is 10.0 Å². The first-order chi connectivity index (χ1) is 14.2. The van der Waals surface area contributed by atoms with E-state index in [9.17, 15) is 13.2 Å². The molecule has 1 heterocycles. The van der Waals surface area contributed by atoms with Gasteiger partial charge in [-0.1, -0.05) is 12.1 Å². The zero-order valence-corrected chi connectivity index (χ0v) is 18.2. The lowest BCUT2D eigenvalue weighted by Gasteiger charge is -2.22. The summed E-state index contributed by atoms with van der Waals surface area (Å²) in [5, 5.41) is 2.94. The highest BCUT2D eigenvalue weighted by atomic mass is 32.2. The third-order valence-corrected chi connectivity index (χ3v) is 6.13. The van der Waals surface area contributed by atoms with Gasteiger partial charge in [0.25, 0.3) is 5.91 Å². The van der Waals surface area contributed by atoms with Crippen molar-refractivity contribution in [2.45, 2.75) is 25.5 Å². The fourth-order valence-electron chi connectivity index (χ4n) is 3.42. The van der Waals surface area contributed by atoms with Gasteiger partial charge in [-0.25, -0.2) is 8.42 Å². The van der Waals surface area contributed by atoms with Gasteiger partial charge < -0.3 is 19.5 Å². The SMILES string of the molecule is COc1ccc(OC)c(C(C)NC(=O)C2CCN(S(C)(=O)=O)c3ccccc3O2)c1. The van der Waals surface area contributed by atoms with E-state index in [2.05, 4.69) is 5.32 Å². The quantitative estimate of drug-likeness (QED) is 0.751. The summed E-state index contributed by atoms with van der Waals surface area (Å²) >= 11 is 0. The van der Waals surface area contributed by atoms with E-state index in [0.29, 0.717) is 22.9 Å². The number of nitrogens with zero attached hydrogens (tertiary/aromatic N) is 1. The molecule has 2 aromatic carbocycles. The predicted molar refractivity (Wildman–Crippen MR) is 114 cm³/mol. The second kappa shape index (κ2) is 8.83. The van der Waals surface area contributed by atoms with Crippen molar-refractivity contribution in [1.29, 1.82) is 0 Å². The highest BCUT2D eigenvalue weighted by molar-refractivity contribution is 7.92. The third kappa shape index (κ3) is 4.62. The van der Waals surface area contributed by atoms with Crippen LogP contribution in [-0.2, 0) is 14.8 Å². The fraction of sp³-hybridized carbons (Fsp3) is 0.381. The number of hydrogen-bond donors (Lipinski definition) is 1. The summed E-state index contributed by atoms with van der Waals surface area (Å²) in [4.78, 5) is 13.0. The lowest BCUT2D eigenvalue weighted by Crippen LogP contribution is -2.40. The lowest BCUT2D eigenvalue weighted by atomic mass is 10.1. The number of nitrogens with one attached hydrogen (secondary N) is 1. The summed E-state index contributed by atoms with van der Waals surface area (Å²) in [6, 6.07) is 11.8. The first-order valence-corrected chi connectivity index (χ1v) is 11.3. The molecule has 0 radical (unpaired) electrons. The smallest absolute Gasteiger partial charge is 0.261 e. The molecule has 9 heteroatoms. The molecule has 1 aliphatic heterocycles. The van der Waals surface area contributed by atoms with Crippen LogP contribution in [0.3, 0.4) is 0 Å². The molecule has 1 aliphatic rings. The van der Waals surface area contributed by atoms with Crippen LogP contribution in [-0.4, -0.2) is 47.4 Å². The van der Waals surface area contributed by atoms with Crippen molar-refractivity contribution in [3.8, 4) is 17.2 Å². The molecule has 162 valence electrons. The van der Waals surface area contributed by atoms with Gasteiger partial charge in [0.1, 0.15) is 17.2 Å². The van der Waals surface area contributed by atoms with Crippen LogP contribution >= 0.6 is 0 Å². The molecule has 0 aromatic heterocycles. The monoisotopic (exact) mass is 434 g/mol. The van der Waals surface area contributed by atoms with Crippen molar-refractivity contribution in [3.63, 3.8) is 0 Å². The maximum Gasteiger partial charge on any atom is 0.261 e. The van der Waals surface area contributed by atoms with Crippen molar-refractivity contribution in [3.05, 3.63) is 48.0 Å². The van der Waals surface area contributed by atoms with E-state index in [4.69, 9.17) is 14.2 Å². The van der Waals surface area contributed by atoms with Crippen molar-refractivity contribution in [2.24, 2.45) is 0 Å². The molecule has 0 aliphatic carbocycles. The topological polar surface area (TPSA) is 94.2 Å². The Morgan fingerprint density at radius 3 is 2.60 bits per heavy atom. The van der Waals surface area contributed by atoms with Crippen molar-refractivity contribution in [1.82, 2.24) is 5.32 Å². The number of hydrogen-bond acceptors (Lipinski definition) is 6. The fourth-order valence-corrected chi connectivity index (χ4v) is 4.37. The first kappa shape index (κ1) is 21.8. The molecule has 0 fully saturated rings. The van der Waals surface area contributed by atoms with Gasteiger partial charge in [-0.2, -0.15) is 0 Å². The van der Waals surface area contributed by atoms with E-state index in [1.165, 1.54) is 4.31 Å². The molecular formula is C21H26N2O6S. The van der Waals surface area contributed by atoms with Crippen LogP contribution in [0.15, 0.2) is 42.5 Å². The summed E-state index contributed by atoms with van der Waals surface area (Å²) in [5.41, 5.74) is 1.19. The van der Waals surface area contributed by atoms with E-state index < -0.39 is 16.1 Å². The number of ether oxygens (including phenoxy) is 3. The van der Waals surface area contributed by atoms with Crippen LogP contribution in [0.2, 0.25) is 0 Å². The third-order valence-electron chi connectivity index (χ3n) is 4.95. The van der Waals surface area contributed by atoms with Crippen LogP contribution in [0.4, 0.5) is 5.69 Å². The molecule has 3 rings (SSSR count). The summed E-state index contributed by atoms with van der Waals surface area (Å²) in [5.74, 6) is 1.29. The number of para-hydroxylation sites is 2. The van der Waals surface area contributed by atoms with Crippen molar-refractivity contribution in [2.75, 3.05) is 31.3 Å². The maximum absolute atomic E-state index is 13.0. The number of methoxy groups -OCH3 is 2. The number of carbonyl (C=O) groups excluding carboxylic acids is 1. The minimum absolute atomic E-state index is 0.144. The maximum atomic E-state index is 13.0. The number of sulfonamides is 1.